The second kappa shape index (κ2) is 62.9. The first-order valence-electron chi connectivity index (χ1n) is 32.6. The van der Waals surface area contributed by atoms with Crippen molar-refractivity contribution in [1.29, 1.82) is 0 Å². The minimum absolute atomic E-state index is 0.0729. The minimum atomic E-state index is -0.775. The summed E-state index contributed by atoms with van der Waals surface area (Å²) >= 11 is 0. The Morgan fingerprint density at radius 2 is 0.500 bits per heavy atom. The number of unbranched alkanes of at least 4 members (excludes halogenated alkanes) is 41. The quantitative estimate of drug-likeness (QED) is 0.0261. The molecule has 0 spiro atoms. The van der Waals surface area contributed by atoms with Gasteiger partial charge in [0.15, 0.2) is 6.10 Å². The molecule has 0 aromatic rings. The van der Waals surface area contributed by atoms with E-state index in [2.05, 4.69) is 69.4 Å². The first kappa shape index (κ1) is 71.4. The van der Waals surface area contributed by atoms with Gasteiger partial charge >= 0.3 is 17.9 Å². The third-order valence-electron chi connectivity index (χ3n) is 14.6. The zero-order valence-corrected chi connectivity index (χ0v) is 49.6. The molecule has 0 heterocycles. The summed E-state index contributed by atoms with van der Waals surface area (Å²) in [6.45, 7) is 6.63. The minimum Gasteiger partial charge on any atom is -0.462 e. The highest BCUT2D eigenvalue weighted by atomic mass is 16.6. The van der Waals surface area contributed by atoms with Crippen LogP contribution in [0.4, 0.5) is 0 Å². The van der Waals surface area contributed by atoms with E-state index in [0.29, 0.717) is 19.3 Å². The number of ether oxygens (including phenoxy) is 3. The van der Waals surface area contributed by atoms with Gasteiger partial charge in [-0.15, -0.1) is 0 Å². The van der Waals surface area contributed by atoms with E-state index >= 15 is 0 Å². The van der Waals surface area contributed by atoms with Gasteiger partial charge in [0, 0.05) is 19.3 Å². The molecule has 0 N–H and O–H groups in total. The molecule has 0 aliphatic rings. The fraction of sp³-hybridized carbons (Fsp3) is 0.838. The van der Waals surface area contributed by atoms with Crippen molar-refractivity contribution in [3.8, 4) is 0 Å². The van der Waals surface area contributed by atoms with E-state index < -0.39 is 6.10 Å². The second-order valence-electron chi connectivity index (χ2n) is 22.0. The van der Waals surface area contributed by atoms with Crippen LogP contribution in [-0.2, 0) is 28.6 Å². The Morgan fingerprint density at radius 3 is 0.811 bits per heavy atom. The van der Waals surface area contributed by atoms with Gasteiger partial charge in [-0.1, -0.05) is 301 Å². The van der Waals surface area contributed by atoms with Crippen molar-refractivity contribution < 1.29 is 28.6 Å². The molecule has 0 aliphatic carbocycles. The van der Waals surface area contributed by atoms with Crippen LogP contribution in [0.3, 0.4) is 0 Å². The molecule has 0 bridgehead atoms. The van der Waals surface area contributed by atoms with E-state index in [4.69, 9.17) is 14.2 Å². The number of allylic oxidation sites excluding steroid dienone is 8. The van der Waals surface area contributed by atoms with Gasteiger partial charge in [-0.2, -0.15) is 0 Å². The molecule has 0 aromatic carbocycles. The van der Waals surface area contributed by atoms with Gasteiger partial charge in [-0.25, -0.2) is 0 Å². The van der Waals surface area contributed by atoms with Gasteiger partial charge in [-0.05, 0) is 77.0 Å². The average molecular weight is 1040 g/mol. The van der Waals surface area contributed by atoms with Crippen molar-refractivity contribution in [2.24, 2.45) is 0 Å². The van der Waals surface area contributed by atoms with Crippen LogP contribution >= 0.6 is 0 Å². The van der Waals surface area contributed by atoms with Crippen LogP contribution in [0, 0.1) is 0 Å². The van der Waals surface area contributed by atoms with Crippen molar-refractivity contribution in [1.82, 2.24) is 0 Å². The number of carbonyl (C=O) groups excluding carboxylic acids is 3. The number of esters is 3. The highest BCUT2D eigenvalue weighted by Gasteiger charge is 2.19. The van der Waals surface area contributed by atoms with Crippen molar-refractivity contribution in [2.75, 3.05) is 13.2 Å². The molecular formula is C68H124O6. The molecule has 6 heteroatoms. The van der Waals surface area contributed by atoms with Gasteiger partial charge in [0.2, 0.25) is 0 Å². The summed E-state index contributed by atoms with van der Waals surface area (Å²) in [5.41, 5.74) is 0. The average Bonchev–Trinajstić information content (AvgIpc) is 3.40. The van der Waals surface area contributed by atoms with Gasteiger partial charge < -0.3 is 14.2 Å². The van der Waals surface area contributed by atoms with Crippen molar-refractivity contribution >= 4 is 17.9 Å². The fourth-order valence-electron chi connectivity index (χ4n) is 9.61. The van der Waals surface area contributed by atoms with E-state index in [1.54, 1.807) is 0 Å². The predicted octanol–water partition coefficient (Wildman–Crippen LogP) is 22.2. The van der Waals surface area contributed by atoms with Gasteiger partial charge in [0.1, 0.15) is 13.2 Å². The van der Waals surface area contributed by atoms with Crippen LogP contribution < -0.4 is 0 Å². The van der Waals surface area contributed by atoms with Gasteiger partial charge in [0.25, 0.3) is 0 Å². The molecule has 6 nitrogen and oxygen atoms in total. The maximum atomic E-state index is 12.9. The Bertz CT molecular complexity index is 1280. The summed E-state index contributed by atoms with van der Waals surface area (Å²) in [6.07, 6.45) is 78.4. The number of carbonyl (C=O) groups is 3. The number of hydrogen-bond donors (Lipinski definition) is 0. The molecular weight excluding hydrogens is 913 g/mol. The standard InChI is InChI=1S/C68H124O6/c1-4-7-10-13-16-19-22-24-26-28-30-31-32-33-34-35-36-37-38-40-41-43-46-49-52-55-58-61-67(70)73-64-65(63-72-66(69)60-57-54-51-48-45-21-18-15-12-9-6-3)74-68(71)62-59-56-53-50-47-44-42-39-29-27-25-23-20-17-14-11-8-5-2/h15,18,22,24,28,30,32-33,65H,4-14,16-17,19-21,23,25-27,29,31,34-64H2,1-3H3/b18-15-,24-22-,30-28-,33-32-. The molecule has 432 valence electrons. The first-order chi connectivity index (χ1) is 36.5. The second-order valence-corrected chi connectivity index (χ2v) is 22.0. The fourth-order valence-corrected chi connectivity index (χ4v) is 9.61. The largest absolute Gasteiger partial charge is 0.462 e. The predicted molar refractivity (Wildman–Crippen MR) is 321 cm³/mol. The zero-order chi connectivity index (χ0) is 53.6. The molecule has 0 rings (SSSR count). The molecule has 0 radical (unpaired) electrons. The smallest absolute Gasteiger partial charge is 0.306 e. The molecule has 1 atom stereocenters. The Labute approximate surface area is 460 Å². The van der Waals surface area contributed by atoms with Crippen LogP contribution in [0.5, 0.6) is 0 Å². The Hall–Kier alpha value is -2.63. The van der Waals surface area contributed by atoms with Crippen LogP contribution in [0.15, 0.2) is 48.6 Å². The van der Waals surface area contributed by atoms with E-state index in [1.165, 1.54) is 231 Å². The first-order valence-corrected chi connectivity index (χ1v) is 32.6. The van der Waals surface area contributed by atoms with Crippen molar-refractivity contribution in [3.63, 3.8) is 0 Å². The summed E-state index contributed by atoms with van der Waals surface area (Å²) in [5, 5.41) is 0. The van der Waals surface area contributed by atoms with E-state index in [9.17, 15) is 14.4 Å². The zero-order valence-electron chi connectivity index (χ0n) is 49.6. The highest BCUT2D eigenvalue weighted by Crippen LogP contribution is 2.17. The van der Waals surface area contributed by atoms with Gasteiger partial charge in [0.05, 0.1) is 0 Å². The normalized spacial score (nSPS) is 12.3. The van der Waals surface area contributed by atoms with Crippen LogP contribution in [0.25, 0.3) is 0 Å². The maximum Gasteiger partial charge on any atom is 0.306 e. The molecule has 0 amide bonds. The van der Waals surface area contributed by atoms with Crippen LogP contribution in [-0.4, -0.2) is 37.2 Å². The lowest BCUT2D eigenvalue weighted by Crippen LogP contribution is -2.30. The summed E-state index contributed by atoms with van der Waals surface area (Å²) in [5.74, 6) is -0.864. The lowest BCUT2D eigenvalue weighted by Gasteiger charge is -2.18. The Kier molecular flexibility index (Phi) is 60.7. The third-order valence-corrected chi connectivity index (χ3v) is 14.6. The molecule has 0 saturated heterocycles. The van der Waals surface area contributed by atoms with Gasteiger partial charge in [-0.3, -0.25) is 14.4 Å². The SMILES string of the molecule is CCCC/C=C\CCCCCCCC(=O)OCC(COC(=O)CCCCCCCCCCCCCC/C=C\C/C=C\C/C=C\CCCCCCC)OC(=O)CCCCCCCCCCCCCCCCCCCC. The Morgan fingerprint density at radius 1 is 0.270 bits per heavy atom. The highest BCUT2D eigenvalue weighted by molar-refractivity contribution is 5.71. The summed E-state index contributed by atoms with van der Waals surface area (Å²) in [7, 11) is 0. The molecule has 0 saturated carbocycles. The Balaban J connectivity index is 4.21. The van der Waals surface area contributed by atoms with Crippen LogP contribution in [0.2, 0.25) is 0 Å². The lowest BCUT2D eigenvalue weighted by molar-refractivity contribution is -0.167. The topological polar surface area (TPSA) is 78.9 Å². The summed E-state index contributed by atoms with van der Waals surface area (Å²) in [6, 6.07) is 0. The maximum absolute atomic E-state index is 12.9. The summed E-state index contributed by atoms with van der Waals surface area (Å²) < 4.78 is 16.9. The number of hydrogen-bond acceptors (Lipinski definition) is 6. The molecule has 0 aliphatic heterocycles. The summed E-state index contributed by atoms with van der Waals surface area (Å²) in [4.78, 5) is 38.2. The third kappa shape index (κ3) is 60.2. The lowest BCUT2D eigenvalue weighted by atomic mass is 10.0. The number of rotatable bonds is 60. The molecule has 74 heavy (non-hydrogen) atoms. The van der Waals surface area contributed by atoms with Crippen LogP contribution in [0.1, 0.15) is 348 Å². The molecule has 0 aromatic heterocycles. The van der Waals surface area contributed by atoms with E-state index in [0.717, 1.165) is 77.0 Å². The van der Waals surface area contributed by atoms with Crippen molar-refractivity contribution in [2.45, 2.75) is 354 Å². The monoisotopic (exact) mass is 1040 g/mol. The molecule has 0 fully saturated rings. The molecule has 1 unspecified atom stereocenters. The van der Waals surface area contributed by atoms with E-state index in [-0.39, 0.29) is 31.1 Å². The van der Waals surface area contributed by atoms with Crippen molar-refractivity contribution in [3.05, 3.63) is 48.6 Å². The van der Waals surface area contributed by atoms with E-state index in [1.807, 2.05) is 0 Å².